The number of pyridine rings is 1. The molecular weight excluding hydrogens is 228 g/mol. The van der Waals surface area contributed by atoms with Gasteiger partial charge in [0.1, 0.15) is 5.75 Å². The Labute approximate surface area is 109 Å². The monoisotopic (exact) mass is 252 g/mol. The van der Waals surface area contributed by atoms with Crippen LogP contribution in [0.1, 0.15) is 30.2 Å². The summed E-state index contributed by atoms with van der Waals surface area (Å²) in [6, 6.07) is 0. The van der Waals surface area contributed by atoms with Gasteiger partial charge in [-0.3, -0.25) is 4.98 Å². The van der Waals surface area contributed by atoms with Crippen molar-refractivity contribution >= 4 is 0 Å². The van der Waals surface area contributed by atoms with Gasteiger partial charge in [-0.2, -0.15) is 0 Å². The first-order chi connectivity index (χ1) is 8.53. The number of methoxy groups -OCH3 is 1. The standard InChI is InChI=1S/C14H24N2O2/c1-5-14(8-15,9-17)6-12-11(3)13(18-4)10(2)7-16-12/h7,17H,5-6,8-9,15H2,1-4H3. The second kappa shape index (κ2) is 6.16. The van der Waals surface area contributed by atoms with Gasteiger partial charge >= 0.3 is 0 Å². The summed E-state index contributed by atoms with van der Waals surface area (Å²) in [5.74, 6) is 0.875. The predicted molar refractivity (Wildman–Crippen MR) is 72.8 cm³/mol. The molecule has 0 spiro atoms. The SMILES string of the molecule is CCC(CN)(CO)Cc1ncc(C)c(OC)c1C. The Morgan fingerprint density at radius 3 is 2.56 bits per heavy atom. The second-order valence-electron chi connectivity index (χ2n) is 4.94. The molecule has 0 aliphatic heterocycles. The van der Waals surface area contributed by atoms with Crippen molar-refractivity contribution in [1.29, 1.82) is 0 Å². The van der Waals surface area contributed by atoms with E-state index < -0.39 is 0 Å². The van der Waals surface area contributed by atoms with Crippen LogP contribution in [0.3, 0.4) is 0 Å². The van der Waals surface area contributed by atoms with E-state index in [4.69, 9.17) is 10.5 Å². The first-order valence-electron chi connectivity index (χ1n) is 6.33. The molecule has 0 saturated carbocycles. The number of nitrogens with zero attached hydrogens (tertiary/aromatic N) is 1. The highest BCUT2D eigenvalue weighted by molar-refractivity contribution is 5.41. The van der Waals surface area contributed by atoms with Gasteiger partial charge < -0.3 is 15.6 Å². The van der Waals surface area contributed by atoms with Crippen molar-refractivity contribution in [3.63, 3.8) is 0 Å². The molecule has 3 N–H and O–H groups in total. The zero-order valence-electron chi connectivity index (χ0n) is 11.8. The molecular formula is C14H24N2O2. The van der Waals surface area contributed by atoms with Gasteiger partial charge in [0.25, 0.3) is 0 Å². The van der Waals surface area contributed by atoms with Crippen molar-refractivity contribution in [1.82, 2.24) is 4.98 Å². The first kappa shape index (κ1) is 14.9. The number of nitrogens with two attached hydrogens (primary N) is 1. The fourth-order valence-electron chi connectivity index (χ4n) is 2.18. The molecule has 1 atom stereocenters. The van der Waals surface area contributed by atoms with Gasteiger partial charge in [-0.25, -0.2) is 0 Å². The minimum Gasteiger partial charge on any atom is -0.496 e. The van der Waals surface area contributed by atoms with E-state index in [9.17, 15) is 5.11 Å². The minimum absolute atomic E-state index is 0.0807. The molecule has 102 valence electrons. The van der Waals surface area contributed by atoms with Crippen LogP contribution in [0.2, 0.25) is 0 Å². The fraction of sp³-hybridized carbons (Fsp3) is 0.643. The largest absolute Gasteiger partial charge is 0.496 e. The van der Waals surface area contributed by atoms with E-state index in [0.29, 0.717) is 13.0 Å². The van der Waals surface area contributed by atoms with Gasteiger partial charge in [0, 0.05) is 35.0 Å². The highest BCUT2D eigenvalue weighted by Crippen LogP contribution is 2.30. The van der Waals surface area contributed by atoms with Crippen LogP contribution in [0.4, 0.5) is 0 Å². The van der Waals surface area contributed by atoms with Crippen molar-refractivity contribution in [2.75, 3.05) is 20.3 Å². The van der Waals surface area contributed by atoms with E-state index in [1.807, 2.05) is 27.0 Å². The summed E-state index contributed by atoms with van der Waals surface area (Å²) in [6.07, 6.45) is 3.33. The van der Waals surface area contributed by atoms with Gasteiger partial charge in [-0.15, -0.1) is 0 Å². The number of ether oxygens (including phenoxy) is 1. The van der Waals surface area contributed by atoms with Gasteiger partial charge in [0.2, 0.25) is 0 Å². The summed E-state index contributed by atoms with van der Waals surface area (Å²) in [7, 11) is 1.67. The van der Waals surface area contributed by atoms with Crippen molar-refractivity contribution in [2.45, 2.75) is 33.6 Å². The molecule has 0 aromatic carbocycles. The summed E-state index contributed by atoms with van der Waals surface area (Å²) in [5.41, 5.74) is 8.55. The van der Waals surface area contributed by atoms with Crippen LogP contribution in [-0.2, 0) is 6.42 Å². The average molecular weight is 252 g/mol. The zero-order valence-corrected chi connectivity index (χ0v) is 11.8. The number of aromatic nitrogens is 1. The summed E-state index contributed by atoms with van der Waals surface area (Å²) in [5, 5.41) is 9.57. The maximum absolute atomic E-state index is 9.57. The topological polar surface area (TPSA) is 68.4 Å². The Morgan fingerprint density at radius 1 is 1.44 bits per heavy atom. The third kappa shape index (κ3) is 2.82. The summed E-state index contributed by atoms with van der Waals surface area (Å²) in [4.78, 5) is 4.47. The Morgan fingerprint density at radius 2 is 2.11 bits per heavy atom. The highest BCUT2D eigenvalue weighted by Gasteiger charge is 2.28. The molecule has 0 bridgehead atoms. The lowest BCUT2D eigenvalue weighted by Crippen LogP contribution is -2.36. The van der Waals surface area contributed by atoms with Crippen LogP contribution in [0.25, 0.3) is 0 Å². The molecule has 1 aromatic rings. The van der Waals surface area contributed by atoms with Crippen LogP contribution in [0, 0.1) is 19.3 Å². The Hall–Kier alpha value is -1.13. The van der Waals surface area contributed by atoms with Gasteiger partial charge in [-0.05, 0) is 26.7 Å². The lowest BCUT2D eigenvalue weighted by atomic mass is 9.80. The molecule has 1 rings (SSSR count). The Balaban J connectivity index is 3.11. The van der Waals surface area contributed by atoms with Crippen molar-refractivity contribution < 1.29 is 9.84 Å². The summed E-state index contributed by atoms with van der Waals surface area (Å²) in [6.45, 7) is 6.56. The maximum Gasteiger partial charge on any atom is 0.128 e. The predicted octanol–water partition coefficient (Wildman–Crippen LogP) is 1.60. The minimum atomic E-state index is -0.280. The number of aliphatic hydroxyl groups is 1. The Bertz CT molecular complexity index is 393. The summed E-state index contributed by atoms with van der Waals surface area (Å²) < 4.78 is 5.40. The van der Waals surface area contributed by atoms with Crippen LogP contribution in [-0.4, -0.2) is 30.4 Å². The molecule has 4 heteroatoms. The van der Waals surface area contributed by atoms with Crippen molar-refractivity contribution in [2.24, 2.45) is 11.1 Å². The van der Waals surface area contributed by atoms with Crippen LogP contribution >= 0.6 is 0 Å². The third-order valence-corrected chi connectivity index (χ3v) is 3.81. The van der Waals surface area contributed by atoms with Gasteiger partial charge in [-0.1, -0.05) is 6.92 Å². The molecule has 1 aromatic heterocycles. The Kier molecular flexibility index (Phi) is 5.11. The van der Waals surface area contributed by atoms with E-state index in [1.165, 1.54) is 0 Å². The fourth-order valence-corrected chi connectivity index (χ4v) is 2.18. The second-order valence-corrected chi connectivity index (χ2v) is 4.94. The molecule has 1 unspecified atom stereocenters. The molecule has 0 aliphatic rings. The lowest BCUT2D eigenvalue weighted by molar-refractivity contribution is 0.126. The molecule has 0 aliphatic carbocycles. The molecule has 4 nitrogen and oxygen atoms in total. The first-order valence-corrected chi connectivity index (χ1v) is 6.33. The number of hydrogen-bond acceptors (Lipinski definition) is 4. The summed E-state index contributed by atoms with van der Waals surface area (Å²) >= 11 is 0. The van der Waals surface area contributed by atoms with E-state index in [-0.39, 0.29) is 12.0 Å². The van der Waals surface area contributed by atoms with Crippen LogP contribution in [0.15, 0.2) is 6.20 Å². The van der Waals surface area contributed by atoms with E-state index >= 15 is 0 Å². The lowest BCUT2D eigenvalue weighted by Gasteiger charge is -2.29. The zero-order chi connectivity index (χ0) is 13.8. The number of aryl methyl sites for hydroxylation is 1. The van der Waals surface area contributed by atoms with Gasteiger partial charge in [0.05, 0.1) is 13.7 Å². The number of hydrogen-bond donors (Lipinski definition) is 2. The van der Waals surface area contributed by atoms with E-state index in [2.05, 4.69) is 4.98 Å². The molecule has 0 saturated heterocycles. The maximum atomic E-state index is 9.57. The highest BCUT2D eigenvalue weighted by atomic mass is 16.5. The molecule has 18 heavy (non-hydrogen) atoms. The van der Waals surface area contributed by atoms with E-state index in [1.54, 1.807) is 7.11 Å². The molecule has 1 heterocycles. The van der Waals surface area contributed by atoms with Crippen LogP contribution < -0.4 is 10.5 Å². The van der Waals surface area contributed by atoms with Crippen LogP contribution in [0.5, 0.6) is 5.75 Å². The number of rotatable bonds is 6. The smallest absolute Gasteiger partial charge is 0.128 e. The third-order valence-electron chi connectivity index (χ3n) is 3.81. The molecule has 0 radical (unpaired) electrons. The average Bonchev–Trinajstić information content (AvgIpc) is 2.39. The quantitative estimate of drug-likeness (QED) is 0.807. The van der Waals surface area contributed by atoms with Gasteiger partial charge in [0.15, 0.2) is 0 Å². The normalized spacial score (nSPS) is 14.3. The van der Waals surface area contributed by atoms with Crippen molar-refractivity contribution in [3.8, 4) is 5.75 Å². The van der Waals surface area contributed by atoms with E-state index in [0.717, 1.165) is 29.0 Å². The number of aliphatic hydroxyl groups excluding tert-OH is 1. The molecule has 0 amide bonds. The van der Waals surface area contributed by atoms with Crippen molar-refractivity contribution in [3.05, 3.63) is 23.0 Å². The molecule has 0 fully saturated rings.